The van der Waals surface area contributed by atoms with Crippen LogP contribution in [0.5, 0.6) is 5.75 Å². The molecule has 0 N–H and O–H groups in total. The molecular weight excluding hydrogens is 332 g/mol. The number of cyclic esters (lactones) is 1. The van der Waals surface area contributed by atoms with Gasteiger partial charge in [0, 0.05) is 31.7 Å². The van der Waals surface area contributed by atoms with Crippen LogP contribution in [0.3, 0.4) is 0 Å². The van der Waals surface area contributed by atoms with E-state index in [0.717, 1.165) is 6.42 Å². The lowest BCUT2D eigenvalue weighted by Crippen LogP contribution is -2.51. The molecule has 1 atom stereocenters. The second kappa shape index (κ2) is 7.08. The number of piperidine rings is 1. The Balaban J connectivity index is 1.66. The van der Waals surface area contributed by atoms with E-state index in [9.17, 15) is 13.6 Å². The zero-order valence-electron chi connectivity index (χ0n) is 13.7. The molecule has 24 heavy (non-hydrogen) atoms. The van der Waals surface area contributed by atoms with Gasteiger partial charge in [-0.3, -0.25) is 0 Å². The highest BCUT2D eigenvalue weighted by Crippen LogP contribution is 2.29. The van der Waals surface area contributed by atoms with E-state index in [-0.39, 0.29) is 17.0 Å². The van der Waals surface area contributed by atoms with E-state index in [1.165, 1.54) is 17.5 Å². The number of sulfonamides is 1. The Labute approximate surface area is 142 Å². The van der Waals surface area contributed by atoms with E-state index < -0.39 is 10.4 Å². The van der Waals surface area contributed by atoms with Crippen molar-refractivity contribution in [1.29, 1.82) is 0 Å². The van der Waals surface area contributed by atoms with Gasteiger partial charge in [0.05, 0.1) is 13.7 Å². The minimum Gasteiger partial charge on any atom is -0.593 e. The van der Waals surface area contributed by atoms with Crippen molar-refractivity contribution in [3.63, 3.8) is 0 Å². The summed E-state index contributed by atoms with van der Waals surface area (Å²) in [7, 11) is -2.03. The lowest BCUT2D eigenvalue weighted by Gasteiger charge is -2.39. The molecule has 1 amide bonds. The van der Waals surface area contributed by atoms with Crippen LogP contribution in [-0.4, -0.2) is 59.2 Å². The van der Waals surface area contributed by atoms with Crippen molar-refractivity contribution in [3.05, 3.63) is 24.3 Å². The Hall–Kier alpha value is -1.64. The van der Waals surface area contributed by atoms with Crippen LogP contribution in [0.25, 0.3) is 0 Å². The summed E-state index contributed by atoms with van der Waals surface area (Å²) in [6, 6.07) is 6.54. The van der Waals surface area contributed by atoms with Gasteiger partial charge in [-0.25, -0.2) is 4.79 Å². The zero-order valence-corrected chi connectivity index (χ0v) is 14.5. The summed E-state index contributed by atoms with van der Waals surface area (Å²) in [6.45, 7) is 1.95. The molecule has 132 valence electrons. The fourth-order valence-electron chi connectivity index (χ4n) is 3.21. The van der Waals surface area contributed by atoms with E-state index in [2.05, 4.69) is 0 Å². The molecule has 2 heterocycles. The number of rotatable bonds is 4. The van der Waals surface area contributed by atoms with Crippen LogP contribution in [0.4, 0.5) is 4.79 Å². The summed E-state index contributed by atoms with van der Waals surface area (Å²) >= 11 is 0. The van der Waals surface area contributed by atoms with Crippen LogP contribution in [0.15, 0.2) is 29.2 Å². The highest BCUT2D eigenvalue weighted by molar-refractivity contribution is 7.95. The summed E-state index contributed by atoms with van der Waals surface area (Å²) in [5.74, 6) is 0.516. The first-order valence-electron chi connectivity index (χ1n) is 8.10. The van der Waals surface area contributed by atoms with Crippen molar-refractivity contribution in [2.75, 3.05) is 33.4 Å². The molecule has 1 unspecified atom stereocenters. The molecule has 2 aliphatic heterocycles. The number of carbonyl (C=O) groups excluding carboxylic acids is 1. The monoisotopic (exact) mass is 354 g/mol. The summed E-state index contributed by atoms with van der Waals surface area (Å²) in [5, 5.41) is 0. The molecule has 0 aromatic heterocycles. The van der Waals surface area contributed by atoms with Gasteiger partial charge in [0.2, 0.25) is 0 Å². The number of hydrogen-bond donors (Lipinski definition) is 0. The largest absolute Gasteiger partial charge is 0.593 e. The Morgan fingerprint density at radius 2 is 2.04 bits per heavy atom. The van der Waals surface area contributed by atoms with Gasteiger partial charge in [-0.1, -0.05) is 10.3 Å². The molecular formula is C16H22N2O5S. The van der Waals surface area contributed by atoms with E-state index >= 15 is 0 Å². The Bertz CT molecular complexity index is 645. The molecule has 1 aromatic carbocycles. The van der Waals surface area contributed by atoms with Crippen LogP contribution in [-0.2, 0) is 19.3 Å². The first kappa shape index (κ1) is 17.2. The Morgan fingerprint density at radius 3 is 2.71 bits per heavy atom. The van der Waals surface area contributed by atoms with Crippen LogP contribution >= 0.6 is 0 Å². The van der Waals surface area contributed by atoms with Gasteiger partial charge in [-0.05, 0) is 31.4 Å². The molecule has 0 spiro atoms. The SMILES string of the molecule is COc1cccc([S+](=O)([O-])N2CCC(N3CCCOC3=O)CC2)c1. The van der Waals surface area contributed by atoms with Crippen molar-refractivity contribution in [2.24, 2.45) is 0 Å². The predicted octanol–water partition coefficient (Wildman–Crippen LogP) is 1.91. The van der Waals surface area contributed by atoms with Crippen molar-refractivity contribution in [2.45, 2.75) is 30.2 Å². The molecule has 0 aliphatic carbocycles. The van der Waals surface area contributed by atoms with Crippen molar-refractivity contribution >= 4 is 16.5 Å². The van der Waals surface area contributed by atoms with E-state index in [1.807, 2.05) is 0 Å². The first-order valence-corrected chi connectivity index (χ1v) is 9.54. The maximum Gasteiger partial charge on any atom is 0.410 e. The number of ether oxygens (including phenoxy) is 2. The minimum absolute atomic E-state index is 0.0505. The number of carbonyl (C=O) groups is 1. The Kier molecular flexibility index (Phi) is 5.07. The standard InChI is InChI=1S/C16H22N2O5S/c1-22-14-4-2-5-15(12-14)24(20,21)17-9-6-13(7-10-17)18-8-3-11-23-16(18)19/h2,4-5,12-13H,3,6-11H2,1H3. The number of amides is 1. The number of nitrogens with zero attached hydrogens (tertiary/aromatic N) is 2. The topological polar surface area (TPSA) is 82.1 Å². The van der Waals surface area contributed by atoms with E-state index in [0.29, 0.717) is 44.8 Å². The fourth-order valence-corrected chi connectivity index (χ4v) is 4.71. The maximum atomic E-state index is 12.8. The predicted molar refractivity (Wildman–Crippen MR) is 87.4 cm³/mol. The molecule has 1 aromatic rings. The molecule has 2 aliphatic rings. The van der Waals surface area contributed by atoms with Crippen molar-refractivity contribution in [3.8, 4) is 5.75 Å². The molecule has 3 rings (SSSR count). The van der Waals surface area contributed by atoms with Gasteiger partial charge < -0.3 is 18.9 Å². The molecule has 2 saturated heterocycles. The van der Waals surface area contributed by atoms with Gasteiger partial charge in [0.1, 0.15) is 5.75 Å². The first-order chi connectivity index (χ1) is 11.5. The van der Waals surface area contributed by atoms with Crippen LogP contribution < -0.4 is 4.74 Å². The van der Waals surface area contributed by atoms with E-state index in [1.54, 1.807) is 23.1 Å². The summed E-state index contributed by atoms with van der Waals surface area (Å²) in [6.07, 6.45) is 1.79. The summed E-state index contributed by atoms with van der Waals surface area (Å²) in [4.78, 5) is 13.8. The maximum absolute atomic E-state index is 12.8. The molecule has 7 nitrogen and oxygen atoms in total. The molecule has 0 bridgehead atoms. The van der Waals surface area contributed by atoms with Crippen LogP contribution in [0, 0.1) is 0 Å². The second-order valence-electron chi connectivity index (χ2n) is 5.98. The number of hydrogen-bond acceptors (Lipinski definition) is 5. The fraction of sp³-hybridized carbons (Fsp3) is 0.562. The lowest BCUT2D eigenvalue weighted by atomic mass is 10.0. The molecule has 0 saturated carbocycles. The third kappa shape index (κ3) is 3.40. The van der Waals surface area contributed by atoms with Gasteiger partial charge in [-0.2, -0.15) is 0 Å². The average Bonchev–Trinajstić information content (AvgIpc) is 2.62. The third-order valence-electron chi connectivity index (χ3n) is 4.55. The smallest absolute Gasteiger partial charge is 0.410 e. The summed E-state index contributed by atoms with van der Waals surface area (Å²) in [5.41, 5.74) is 0. The molecule has 2 fully saturated rings. The highest BCUT2D eigenvalue weighted by Gasteiger charge is 2.37. The van der Waals surface area contributed by atoms with Gasteiger partial charge >= 0.3 is 6.09 Å². The number of benzene rings is 1. The highest BCUT2D eigenvalue weighted by atomic mass is 32.3. The zero-order chi connectivity index (χ0) is 17.2. The van der Waals surface area contributed by atoms with Crippen LogP contribution in [0.2, 0.25) is 0 Å². The normalized spacial score (nSPS) is 22.8. The summed E-state index contributed by atoms with van der Waals surface area (Å²) < 4.78 is 37.2. The van der Waals surface area contributed by atoms with Crippen molar-refractivity contribution in [1.82, 2.24) is 9.21 Å². The van der Waals surface area contributed by atoms with E-state index in [4.69, 9.17) is 9.47 Å². The Morgan fingerprint density at radius 1 is 1.29 bits per heavy atom. The molecule has 0 radical (unpaired) electrons. The van der Waals surface area contributed by atoms with Gasteiger partial charge in [-0.15, -0.1) is 4.31 Å². The third-order valence-corrected chi connectivity index (χ3v) is 6.44. The quantitative estimate of drug-likeness (QED) is 0.772. The lowest BCUT2D eigenvalue weighted by molar-refractivity contribution is 0.0438. The number of methoxy groups -OCH3 is 1. The van der Waals surface area contributed by atoms with Gasteiger partial charge in [0.25, 0.3) is 0 Å². The molecule has 8 heteroatoms. The second-order valence-corrected chi connectivity index (χ2v) is 7.91. The average molecular weight is 354 g/mol. The van der Waals surface area contributed by atoms with Crippen molar-refractivity contribution < 1.29 is 23.0 Å². The van der Waals surface area contributed by atoms with Gasteiger partial charge in [0.15, 0.2) is 15.3 Å². The van der Waals surface area contributed by atoms with Crippen LogP contribution in [0.1, 0.15) is 19.3 Å². The minimum atomic E-state index is -3.54.